The molecular formula is C14H27N3O. The molecule has 2 rings (SSSR count). The van der Waals surface area contributed by atoms with Crippen molar-refractivity contribution in [2.75, 3.05) is 19.6 Å². The number of hydrogen-bond donors (Lipinski definition) is 2. The van der Waals surface area contributed by atoms with E-state index in [-0.39, 0.29) is 16.7 Å². The molecule has 0 aromatic carbocycles. The predicted octanol–water partition coefficient (Wildman–Crippen LogP) is 0.960. The van der Waals surface area contributed by atoms with E-state index in [1.54, 1.807) is 0 Å². The van der Waals surface area contributed by atoms with Gasteiger partial charge in [0.1, 0.15) is 0 Å². The van der Waals surface area contributed by atoms with E-state index >= 15 is 0 Å². The summed E-state index contributed by atoms with van der Waals surface area (Å²) in [5, 5.41) is 3.18. The summed E-state index contributed by atoms with van der Waals surface area (Å²) in [6.07, 6.45) is 2.02. The van der Waals surface area contributed by atoms with Gasteiger partial charge in [0.2, 0.25) is 5.91 Å². The minimum atomic E-state index is 0.161. The lowest BCUT2D eigenvalue weighted by atomic mass is 10.0. The summed E-state index contributed by atoms with van der Waals surface area (Å²) in [4.78, 5) is 14.2. The van der Waals surface area contributed by atoms with E-state index in [0.29, 0.717) is 18.6 Å². The van der Waals surface area contributed by atoms with Crippen LogP contribution in [0.3, 0.4) is 0 Å². The Kier molecular flexibility index (Phi) is 3.45. The number of likely N-dealkylation sites (tertiary alicyclic amines) is 1. The van der Waals surface area contributed by atoms with Gasteiger partial charge in [0, 0.05) is 25.2 Å². The molecule has 1 aliphatic heterocycles. The highest BCUT2D eigenvalue weighted by atomic mass is 16.2. The summed E-state index contributed by atoms with van der Waals surface area (Å²) in [5.74, 6) is 0.161. The molecule has 2 fully saturated rings. The Morgan fingerprint density at radius 3 is 2.17 bits per heavy atom. The minimum Gasteiger partial charge on any atom is -0.351 e. The van der Waals surface area contributed by atoms with Crippen LogP contribution < -0.4 is 11.1 Å². The molecule has 3 N–H and O–H groups in total. The molecule has 2 aliphatic rings. The van der Waals surface area contributed by atoms with Crippen LogP contribution in [0.15, 0.2) is 0 Å². The van der Waals surface area contributed by atoms with Gasteiger partial charge >= 0.3 is 0 Å². The molecule has 1 aliphatic carbocycles. The molecule has 1 amide bonds. The number of amides is 1. The van der Waals surface area contributed by atoms with E-state index in [2.05, 4.69) is 37.9 Å². The third-order valence-corrected chi connectivity index (χ3v) is 5.33. The summed E-state index contributed by atoms with van der Waals surface area (Å²) < 4.78 is 0. The Hall–Kier alpha value is -0.610. The maximum absolute atomic E-state index is 12.0. The number of carbonyl (C=O) groups is 1. The van der Waals surface area contributed by atoms with Crippen LogP contribution in [0.2, 0.25) is 0 Å². The molecule has 0 unspecified atom stereocenters. The van der Waals surface area contributed by atoms with Gasteiger partial charge in [0.05, 0.1) is 6.54 Å². The molecule has 4 heteroatoms. The highest BCUT2D eigenvalue weighted by Crippen LogP contribution is 2.62. The first-order chi connectivity index (χ1) is 8.25. The van der Waals surface area contributed by atoms with Gasteiger partial charge in [0.15, 0.2) is 0 Å². The molecule has 1 heterocycles. The third-order valence-electron chi connectivity index (χ3n) is 5.33. The van der Waals surface area contributed by atoms with Crippen LogP contribution >= 0.6 is 0 Å². The maximum Gasteiger partial charge on any atom is 0.234 e. The number of hydrogen-bond acceptors (Lipinski definition) is 3. The Labute approximate surface area is 110 Å². The Morgan fingerprint density at radius 1 is 1.22 bits per heavy atom. The molecule has 1 saturated heterocycles. The summed E-state index contributed by atoms with van der Waals surface area (Å²) in [6, 6.07) is 0.634. The molecule has 0 spiro atoms. The second kappa shape index (κ2) is 4.49. The zero-order chi connectivity index (χ0) is 13.6. The van der Waals surface area contributed by atoms with E-state index in [1.165, 1.54) is 0 Å². The molecule has 4 nitrogen and oxygen atoms in total. The Bertz CT molecular complexity index is 316. The zero-order valence-electron chi connectivity index (χ0n) is 12.1. The van der Waals surface area contributed by atoms with E-state index in [4.69, 9.17) is 5.73 Å². The second-order valence-corrected chi connectivity index (χ2v) is 7.06. The van der Waals surface area contributed by atoms with Crippen molar-refractivity contribution in [2.45, 2.75) is 52.6 Å². The van der Waals surface area contributed by atoms with Crippen LogP contribution in [0.1, 0.15) is 40.5 Å². The van der Waals surface area contributed by atoms with E-state index in [1.807, 2.05) is 0 Å². The fourth-order valence-corrected chi connectivity index (χ4v) is 3.08. The SMILES string of the molecule is CC1(C)C(NC(=O)CN2CCC(N)CC2)C1(C)C. The van der Waals surface area contributed by atoms with Crippen molar-refractivity contribution in [1.82, 2.24) is 10.2 Å². The van der Waals surface area contributed by atoms with Crippen LogP contribution in [0.4, 0.5) is 0 Å². The van der Waals surface area contributed by atoms with Crippen molar-refractivity contribution in [3.05, 3.63) is 0 Å². The largest absolute Gasteiger partial charge is 0.351 e. The molecule has 104 valence electrons. The average Bonchev–Trinajstić information content (AvgIpc) is 2.64. The van der Waals surface area contributed by atoms with Gasteiger partial charge in [-0.05, 0) is 23.7 Å². The van der Waals surface area contributed by atoms with Crippen molar-refractivity contribution in [1.29, 1.82) is 0 Å². The first kappa shape index (κ1) is 13.8. The van der Waals surface area contributed by atoms with E-state index in [0.717, 1.165) is 25.9 Å². The normalized spacial score (nSPS) is 28.1. The molecule has 0 aromatic heterocycles. The van der Waals surface area contributed by atoms with Gasteiger partial charge in [-0.15, -0.1) is 0 Å². The Morgan fingerprint density at radius 2 is 1.72 bits per heavy atom. The predicted molar refractivity (Wildman–Crippen MR) is 73.1 cm³/mol. The average molecular weight is 253 g/mol. The zero-order valence-corrected chi connectivity index (χ0v) is 12.1. The number of nitrogens with zero attached hydrogens (tertiary/aromatic N) is 1. The monoisotopic (exact) mass is 253 g/mol. The number of piperidine rings is 1. The van der Waals surface area contributed by atoms with Gasteiger partial charge in [-0.2, -0.15) is 0 Å². The lowest BCUT2D eigenvalue weighted by Gasteiger charge is -2.29. The number of nitrogens with two attached hydrogens (primary N) is 1. The highest BCUT2D eigenvalue weighted by molar-refractivity contribution is 5.79. The van der Waals surface area contributed by atoms with Gasteiger partial charge in [-0.25, -0.2) is 0 Å². The van der Waals surface area contributed by atoms with E-state index < -0.39 is 0 Å². The van der Waals surface area contributed by atoms with Crippen LogP contribution in [0, 0.1) is 10.8 Å². The second-order valence-electron chi connectivity index (χ2n) is 7.06. The highest BCUT2D eigenvalue weighted by Gasteiger charge is 2.65. The van der Waals surface area contributed by atoms with Crippen LogP contribution in [0.25, 0.3) is 0 Å². The first-order valence-electron chi connectivity index (χ1n) is 7.02. The van der Waals surface area contributed by atoms with Crippen molar-refractivity contribution >= 4 is 5.91 Å². The van der Waals surface area contributed by atoms with Crippen molar-refractivity contribution < 1.29 is 4.79 Å². The molecule has 0 aromatic rings. The molecule has 0 bridgehead atoms. The van der Waals surface area contributed by atoms with Crippen LogP contribution in [-0.4, -0.2) is 42.5 Å². The van der Waals surface area contributed by atoms with Gasteiger partial charge in [-0.3, -0.25) is 9.69 Å². The molecular weight excluding hydrogens is 226 g/mol. The number of carbonyl (C=O) groups excluding carboxylic acids is 1. The van der Waals surface area contributed by atoms with Gasteiger partial charge < -0.3 is 11.1 Å². The van der Waals surface area contributed by atoms with Crippen molar-refractivity contribution in [2.24, 2.45) is 16.6 Å². The van der Waals surface area contributed by atoms with Crippen molar-refractivity contribution in [3.8, 4) is 0 Å². The van der Waals surface area contributed by atoms with Crippen LogP contribution in [0.5, 0.6) is 0 Å². The topological polar surface area (TPSA) is 58.4 Å². The number of rotatable bonds is 3. The smallest absolute Gasteiger partial charge is 0.234 e. The fourth-order valence-electron chi connectivity index (χ4n) is 3.08. The van der Waals surface area contributed by atoms with E-state index in [9.17, 15) is 4.79 Å². The quantitative estimate of drug-likeness (QED) is 0.787. The van der Waals surface area contributed by atoms with Crippen LogP contribution in [-0.2, 0) is 4.79 Å². The Balaban J connectivity index is 1.77. The fraction of sp³-hybridized carbons (Fsp3) is 0.929. The third kappa shape index (κ3) is 2.41. The molecule has 0 radical (unpaired) electrons. The number of nitrogens with one attached hydrogen (secondary N) is 1. The van der Waals surface area contributed by atoms with Gasteiger partial charge in [-0.1, -0.05) is 27.7 Å². The summed E-state index contributed by atoms with van der Waals surface area (Å²) in [6.45, 7) is 11.3. The first-order valence-corrected chi connectivity index (χ1v) is 7.02. The summed E-state index contributed by atoms with van der Waals surface area (Å²) >= 11 is 0. The lowest BCUT2D eigenvalue weighted by molar-refractivity contribution is -0.122. The maximum atomic E-state index is 12.0. The molecule has 0 atom stereocenters. The minimum absolute atomic E-state index is 0.161. The molecule has 1 saturated carbocycles. The summed E-state index contributed by atoms with van der Waals surface area (Å²) in [7, 11) is 0. The standard InChI is InChI=1S/C14H27N3O/c1-13(2)12(14(13,3)4)16-11(18)9-17-7-5-10(15)6-8-17/h10,12H,5-9,15H2,1-4H3,(H,16,18). The summed E-state index contributed by atoms with van der Waals surface area (Å²) in [5.41, 5.74) is 6.29. The van der Waals surface area contributed by atoms with Gasteiger partial charge in [0.25, 0.3) is 0 Å². The molecule has 18 heavy (non-hydrogen) atoms. The van der Waals surface area contributed by atoms with Crippen molar-refractivity contribution in [3.63, 3.8) is 0 Å². The lowest BCUT2D eigenvalue weighted by Crippen LogP contribution is -2.45.